The SMILES string of the molecule is Cn1c(=O)oc2ccc(-c3ccc4cc(C[C@@H](C#N)NC(=O)[C@@H]5CNCCCO5)sc4c3)cc21. The molecule has 3 heterocycles. The maximum Gasteiger partial charge on any atom is 0.419 e. The molecule has 0 radical (unpaired) electrons. The molecular weight excluding hydrogens is 452 g/mol. The van der Waals surface area contributed by atoms with Crippen molar-refractivity contribution in [3.63, 3.8) is 0 Å². The lowest BCUT2D eigenvalue weighted by atomic mass is 10.0. The van der Waals surface area contributed by atoms with Crippen LogP contribution in [0, 0.1) is 11.3 Å². The van der Waals surface area contributed by atoms with Crippen molar-refractivity contribution in [2.75, 3.05) is 19.7 Å². The topological polar surface area (TPSA) is 109 Å². The fourth-order valence-corrected chi connectivity index (χ4v) is 5.30. The van der Waals surface area contributed by atoms with E-state index in [9.17, 15) is 14.9 Å². The average Bonchev–Trinajstić information content (AvgIpc) is 3.22. The van der Waals surface area contributed by atoms with Crippen molar-refractivity contribution in [2.45, 2.75) is 25.0 Å². The monoisotopic (exact) mass is 476 g/mol. The third-order valence-electron chi connectivity index (χ3n) is 6.01. The molecule has 0 bridgehead atoms. The average molecular weight is 477 g/mol. The van der Waals surface area contributed by atoms with Crippen LogP contribution in [0.15, 0.2) is 51.7 Å². The zero-order valence-electron chi connectivity index (χ0n) is 18.7. The number of nitriles is 1. The van der Waals surface area contributed by atoms with E-state index in [1.165, 1.54) is 4.57 Å². The van der Waals surface area contributed by atoms with E-state index in [1.54, 1.807) is 18.4 Å². The van der Waals surface area contributed by atoms with Crippen molar-refractivity contribution in [1.82, 2.24) is 15.2 Å². The third-order valence-corrected chi connectivity index (χ3v) is 7.13. The van der Waals surface area contributed by atoms with Gasteiger partial charge >= 0.3 is 5.76 Å². The molecule has 9 heteroatoms. The van der Waals surface area contributed by atoms with Gasteiger partial charge in [0.05, 0.1) is 11.6 Å². The minimum absolute atomic E-state index is 0.256. The van der Waals surface area contributed by atoms with Gasteiger partial charge in [0.25, 0.3) is 5.91 Å². The predicted molar refractivity (Wildman–Crippen MR) is 131 cm³/mol. The fraction of sp³-hybridized carbons (Fsp3) is 0.320. The van der Waals surface area contributed by atoms with Gasteiger partial charge in [-0.2, -0.15) is 5.26 Å². The molecule has 1 amide bonds. The Hall–Kier alpha value is -3.45. The van der Waals surface area contributed by atoms with E-state index in [0.29, 0.717) is 25.2 Å². The van der Waals surface area contributed by atoms with Crippen molar-refractivity contribution in [2.24, 2.45) is 7.05 Å². The van der Waals surface area contributed by atoms with Crippen molar-refractivity contribution in [1.29, 1.82) is 5.26 Å². The number of carbonyl (C=O) groups excluding carboxylic acids is 1. The van der Waals surface area contributed by atoms with Crippen LogP contribution in [0.2, 0.25) is 0 Å². The number of benzene rings is 2. The molecule has 5 rings (SSSR count). The second-order valence-corrected chi connectivity index (χ2v) is 9.55. The Bertz CT molecular complexity index is 1450. The van der Waals surface area contributed by atoms with Gasteiger partial charge in [-0.05, 0) is 53.7 Å². The predicted octanol–water partition coefficient (Wildman–Crippen LogP) is 2.94. The van der Waals surface area contributed by atoms with E-state index in [2.05, 4.69) is 28.8 Å². The molecule has 1 fully saturated rings. The van der Waals surface area contributed by atoms with E-state index in [-0.39, 0.29) is 11.7 Å². The summed E-state index contributed by atoms with van der Waals surface area (Å²) < 4.78 is 13.4. The van der Waals surface area contributed by atoms with E-state index >= 15 is 0 Å². The van der Waals surface area contributed by atoms with Gasteiger partial charge in [-0.15, -0.1) is 11.3 Å². The van der Waals surface area contributed by atoms with Crippen LogP contribution in [0.25, 0.3) is 32.3 Å². The molecule has 8 nitrogen and oxygen atoms in total. The summed E-state index contributed by atoms with van der Waals surface area (Å²) in [6.07, 6.45) is 0.721. The minimum Gasteiger partial charge on any atom is -0.408 e. The van der Waals surface area contributed by atoms with Crippen LogP contribution in [0.1, 0.15) is 11.3 Å². The Morgan fingerprint density at radius 3 is 2.97 bits per heavy atom. The highest BCUT2D eigenvalue weighted by molar-refractivity contribution is 7.19. The highest BCUT2D eigenvalue weighted by Crippen LogP contribution is 2.32. The van der Waals surface area contributed by atoms with Gasteiger partial charge in [0.15, 0.2) is 5.58 Å². The number of aromatic nitrogens is 1. The van der Waals surface area contributed by atoms with Gasteiger partial charge in [0, 0.05) is 36.2 Å². The molecule has 0 spiro atoms. The van der Waals surface area contributed by atoms with E-state index in [0.717, 1.165) is 44.6 Å². The fourth-order valence-electron chi connectivity index (χ4n) is 4.15. The second-order valence-electron chi connectivity index (χ2n) is 8.39. The number of oxazole rings is 1. The first kappa shape index (κ1) is 22.3. The number of hydrogen-bond acceptors (Lipinski definition) is 7. The summed E-state index contributed by atoms with van der Waals surface area (Å²) in [4.78, 5) is 25.4. The largest absolute Gasteiger partial charge is 0.419 e. The number of ether oxygens (including phenoxy) is 1. The van der Waals surface area contributed by atoms with Gasteiger partial charge in [-0.3, -0.25) is 9.36 Å². The smallest absolute Gasteiger partial charge is 0.408 e. The maximum absolute atomic E-state index is 12.6. The number of aryl methyl sites for hydroxylation is 1. The molecule has 1 aliphatic heterocycles. The van der Waals surface area contributed by atoms with Crippen molar-refractivity contribution in [3.05, 3.63) is 57.9 Å². The van der Waals surface area contributed by atoms with E-state index < -0.39 is 12.1 Å². The molecule has 34 heavy (non-hydrogen) atoms. The molecule has 2 aromatic carbocycles. The van der Waals surface area contributed by atoms with Crippen LogP contribution in [0.3, 0.4) is 0 Å². The highest BCUT2D eigenvalue weighted by atomic mass is 32.1. The summed E-state index contributed by atoms with van der Waals surface area (Å²) in [5, 5.41) is 16.7. The van der Waals surface area contributed by atoms with Crippen LogP contribution in [0.4, 0.5) is 0 Å². The number of nitrogens with zero attached hydrogens (tertiary/aromatic N) is 2. The number of rotatable bonds is 5. The van der Waals surface area contributed by atoms with Crippen LogP contribution >= 0.6 is 11.3 Å². The Morgan fingerprint density at radius 2 is 2.12 bits per heavy atom. The normalized spacial score (nSPS) is 17.4. The third kappa shape index (κ3) is 4.48. The number of fused-ring (bicyclic) bond motifs is 2. The first-order valence-electron chi connectivity index (χ1n) is 11.2. The summed E-state index contributed by atoms with van der Waals surface area (Å²) in [7, 11) is 1.69. The standard InChI is InChI=1S/C25H24N4O4S/c1-29-20-10-15(5-6-21(20)33-25(29)31)16-3-4-17-9-19(34-23(17)11-16)12-18(13-26)28-24(30)22-14-27-7-2-8-32-22/h3-6,9-11,18,22,27H,2,7-8,12,14H2,1H3,(H,28,30)/t18-,22-/m0/s1. The number of carbonyl (C=O) groups is 1. The molecule has 0 saturated carbocycles. The van der Waals surface area contributed by atoms with Gasteiger partial charge < -0.3 is 19.8 Å². The zero-order valence-corrected chi connectivity index (χ0v) is 19.5. The quantitative estimate of drug-likeness (QED) is 0.458. The lowest BCUT2D eigenvalue weighted by molar-refractivity contribution is -0.132. The number of nitrogens with one attached hydrogen (secondary N) is 2. The van der Waals surface area contributed by atoms with E-state index in [1.807, 2.05) is 30.3 Å². The lowest BCUT2D eigenvalue weighted by Crippen LogP contribution is -2.46. The molecular formula is C25H24N4O4S. The van der Waals surface area contributed by atoms with Crippen LogP contribution < -0.4 is 16.4 Å². The summed E-state index contributed by atoms with van der Waals surface area (Å²) in [5.74, 6) is -0.639. The molecule has 1 aliphatic rings. The van der Waals surface area contributed by atoms with Crippen molar-refractivity contribution in [3.8, 4) is 17.2 Å². The number of amides is 1. The van der Waals surface area contributed by atoms with Gasteiger partial charge in [-0.1, -0.05) is 18.2 Å². The number of hydrogen-bond donors (Lipinski definition) is 2. The molecule has 2 N–H and O–H groups in total. The first-order valence-corrected chi connectivity index (χ1v) is 12.0. The number of thiophene rings is 1. The summed E-state index contributed by atoms with van der Waals surface area (Å²) in [6, 6.07) is 15.5. The molecule has 0 unspecified atom stereocenters. The van der Waals surface area contributed by atoms with Crippen molar-refractivity contribution < 1.29 is 13.9 Å². The molecule has 2 atom stereocenters. The maximum atomic E-state index is 12.6. The Labute approximate surface area is 199 Å². The summed E-state index contributed by atoms with van der Waals surface area (Å²) in [6.45, 7) is 1.81. The zero-order chi connectivity index (χ0) is 23.7. The summed E-state index contributed by atoms with van der Waals surface area (Å²) in [5.41, 5.74) is 3.32. The summed E-state index contributed by atoms with van der Waals surface area (Å²) >= 11 is 1.61. The Balaban J connectivity index is 1.34. The van der Waals surface area contributed by atoms with Crippen LogP contribution in [-0.4, -0.2) is 42.3 Å². The Morgan fingerprint density at radius 1 is 1.29 bits per heavy atom. The van der Waals surface area contributed by atoms with Crippen molar-refractivity contribution >= 4 is 38.4 Å². The second kappa shape index (κ2) is 9.43. The van der Waals surface area contributed by atoms with Crippen LogP contribution in [0.5, 0.6) is 0 Å². The van der Waals surface area contributed by atoms with E-state index in [4.69, 9.17) is 9.15 Å². The lowest BCUT2D eigenvalue weighted by Gasteiger charge is -2.17. The molecule has 0 aliphatic carbocycles. The van der Waals surface area contributed by atoms with Crippen LogP contribution in [-0.2, 0) is 23.0 Å². The minimum atomic E-state index is -0.628. The highest BCUT2D eigenvalue weighted by Gasteiger charge is 2.23. The van der Waals surface area contributed by atoms with Gasteiger partial charge in [-0.25, -0.2) is 4.79 Å². The van der Waals surface area contributed by atoms with Gasteiger partial charge in [0.2, 0.25) is 0 Å². The Kier molecular flexibility index (Phi) is 6.20. The molecule has 174 valence electrons. The molecule has 4 aromatic rings. The van der Waals surface area contributed by atoms with Gasteiger partial charge in [0.1, 0.15) is 12.1 Å². The molecule has 2 aromatic heterocycles. The molecule has 1 saturated heterocycles. The first-order chi connectivity index (χ1) is 16.5.